The lowest BCUT2D eigenvalue weighted by molar-refractivity contribution is 0.104. The molecule has 0 aliphatic rings. The molecule has 0 spiro atoms. The molecule has 0 radical (unpaired) electrons. The number of furan rings is 1. The van der Waals surface area contributed by atoms with Gasteiger partial charge in [-0.15, -0.1) is 0 Å². The Hall–Kier alpha value is -2.79. The third-order valence-electron chi connectivity index (χ3n) is 3.91. The van der Waals surface area contributed by atoms with Crippen LogP contribution in [0.3, 0.4) is 0 Å². The number of halogens is 1. The molecule has 6 heteroatoms. The fraction of sp³-hybridized carbons (Fsp3) is 0.200. The molecule has 0 saturated heterocycles. The summed E-state index contributed by atoms with van der Waals surface area (Å²) in [6, 6.07) is 9.13. The zero-order valence-electron chi connectivity index (χ0n) is 14.6. The van der Waals surface area contributed by atoms with Crippen molar-refractivity contribution in [3.8, 4) is 5.75 Å². The van der Waals surface area contributed by atoms with Crippen LogP contribution < -0.4 is 4.74 Å². The van der Waals surface area contributed by atoms with Crippen LogP contribution in [0.1, 0.15) is 34.4 Å². The summed E-state index contributed by atoms with van der Waals surface area (Å²) in [6.45, 7) is 4.88. The molecular formula is C20H19ClN2O3. The van der Waals surface area contributed by atoms with Gasteiger partial charge in [0.05, 0.1) is 11.8 Å². The molecule has 2 heterocycles. The number of hydrogen-bond donors (Lipinski definition) is 0. The summed E-state index contributed by atoms with van der Waals surface area (Å²) in [6.07, 6.45) is 6.40. The van der Waals surface area contributed by atoms with Crippen LogP contribution in [-0.4, -0.2) is 15.6 Å². The molecule has 0 amide bonds. The second-order valence-corrected chi connectivity index (χ2v) is 6.15. The van der Waals surface area contributed by atoms with Gasteiger partial charge in [0.15, 0.2) is 5.78 Å². The van der Waals surface area contributed by atoms with Gasteiger partial charge in [-0.25, -0.2) is 0 Å². The monoisotopic (exact) mass is 370 g/mol. The van der Waals surface area contributed by atoms with E-state index in [-0.39, 0.29) is 12.4 Å². The normalized spacial score (nSPS) is 11.2. The quantitative estimate of drug-likeness (QED) is 0.437. The van der Waals surface area contributed by atoms with E-state index in [4.69, 9.17) is 20.8 Å². The zero-order valence-corrected chi connectivity index (χ0v) is 15.4. The van der Waals surface area contributed by atoms with Crippen molar-refractivity contribution in [2.24, 2.45) is 0 Å². The van der Waals surface area contributed by atoms with Gasteiger partial charge in [0.25, 0.3) is 0 Å². The average Bonchev–Trinajstić information content (AvgIpc) is 3.30. The third-order valence-corrected chi connectivity index (χ3v) is 4.32. The Morgan fingerprint density at radius 1 is 1.35 bits per heavy atom. The molecule has 0 saturated carbocycles. The van der Waals surface area contributed by atoms with E-state index < -0.39 is 0 Å². The standard InChI is InChI=1S/C20H19ClN2O3/c1-3-23-12-15(11-22-23)19(24)10-9-16-7-8-17(26-16)13-25-20-6-4-5-18(21)14(20)2/h4-12H,3,13H2,1-2H3/b10-9+. The maximum absolute atomic E-state index is 12.1. The molecule has 1 aromatic carbocycles. The van der Waals surface area contributed by atoms with Crippen LogP contribution in [0.5, 0.6) is 5.75 Å². The van der Waals surface area contributed by atoms with Gasteiger partial charge < -0.3 is 9.15 Å². The van der Waals surface area contributed by atoms with Gasteiger partial charge in [0, 0.05) is 23.3 Å². The van der Waals surface area contributed by atoms with Crippen molar-refractivity contribution >= 4 is 23.5 Å². The fourth-order valence-corrected chi connectivity index (χ4v) is 2.54. The molecule has 5 nitrogen and oxygen atoms in total. The smallest absolute Gasteiger partial charge is 0.189 e. The van der Waals surface area contributed by atoms with E-state index in [0.717, 1.165) is 12.1 Å². The number of nitrogens with zero attached hydrogens (tertiary/aromatic N) is 2. The molecule has 0 atom stereocenters. The second kappa shape index (κ2) is 8.06. The molecule has 3 rings (SSSR count). The van der Waals surface area contributed by atoms with E-state index in [9.17, 15) is 4.79 Å². The molecule has 0 fully saturated rings. The molecular weight excluding hydrogens is 352 g/mol. The van der Waals surface area contributed by atoms with Gasteiger partial charge in [-0.3, -0.25) is 9.48 Å². The number of allylic oxidation sites excluding steroid dienone is 1. The predicted molar refractivity (Wildman–Crippen MR) is 100 cm³/mol. The predicted octanol–water partition coefficient (Wildman–Crippen LogP) is 4.93. The van der Waals surface area contributed by atoms with Crippen LogP contribution in [0.4, 0.5) is 0 Å². The Bertz CT molecular complexity index is 940. The maximum atomic E-state index is 12.1. The van der Waals surface area contributed by atoms with Crippen LogP contribution in [-0.2, 0) is 13.2 Å². The van der Waals surface area contributed by atoms with Crippen molar-refractivity contribution in [3.63, 3.8) is 0 Å². The topological polar surface area (TPSA) is 57.3 Å². The van der Waals surface area contributed by atoms with Gasteiger partial charge in [-0.2, -0.15) is 5.10 Å². The van der Waals surface area contributed by atoms with Crippen LogP contribution in [0.25, 0.3) is 6.08 Å². The second-order valence-electron chi connectivity index (χ2n) is 5.74. The lowest BCUT2D eigenvalue weighted by Crippen LogP contribution is -1.95. The first-order chi connectivity index (χ1) is 12.6. The first kappa shape index (κ1) is 18.0. The highest BCUT2D eigenvalue weighted by molar-refractivity contribution is 6.31. The molecule has 26 heavy (non-hydrogen) atoms. The number of carbonyl (C=O) groups excluding carboxylic acids is 1. The minimum absolute atomic E-state index is 0.117. The number of ether oxygens (including phenoxy) is 1. The Balaban J connectivity index is 1.60. The first-order valence-electron chi connectivity index (χ1n) is 8.28. The largest absolute Gasteiger partial charge is 0.485 e. The van der Waals surface area contributed by atoms with Crippen LogP contribution in [0, 0.1) is 6.92 Å². The van der Waals surface area contributed by atoms with Crippen molar-refractivity contribution in [1.29, 1.82) is 0 Å². The van der Waals surface area contributed by atoms with Crippen molar-refractivity contribution < 1.29 is 13.9 Å². The lowest BCUT2D eigenvalue weighted by Gasteiger charge is -2.08. The number of hydrogen-bond acceptors (Lipinski definition) is 4. The molecule has 0 bridgehead atoms. The Labute approximate surface area is 156 Å². The highest BCUT2D eigenvalue weighted by atomic mass is 35.5. The number of aryl methyl sites for hydroxylation is 1. The first-order valence-corrected chi connectivity index (χ1v) is 8.66. The molecule has 0 unspecified atom stereocenters. The highest BCUT2D eigenvalue weighted by Gasteiger charge is 2.07. The van der Waals surface area contributed by atoms with Gasteiger partial charge in [0.1, 0.15) is 23.9 Å². The number of aromatic nitrogens is 2. The number of benzene rings is 1. The maximum Gasteiger partial charge on any atom is 0.189 e. The number of carbonyl (C=O) groups is 1. The molecule has 134 valence electrons. The van der Waals surface area contributed by atoms with Crippen molar-refractivity contribution in [2.45, 2.75) is 27.0 Å². The van der Waals surface area contributed by atoms with Gasteiger partial charge in [-0.05, 0) is 50.3 Å². The fourth-order valence-electron chi connectivity index (χ4n) is 2.37. The molecule has 0 aliphatic heterocycles. The minimum Gasteiger partial charge on any atom is -0.485 e. The SMILES string of the molecule is CCn1cc(C(=O)/C=C/c2ccc(COc3cccc(Cl)c3C)o2)cn1. The van der Waals surface area contributed by atoms with E-state index >= 15 is 0 Å². The third kappa shape index (κ3) is 4.24. The lowest BCUT2D eigenvalue weighted by atomic mass is 10.2. The summed E-state index contributed by atoms with van der Waals surface area (Å²) < 4.78 is 13.1. The summed E-state index contributed by atoms with van der Waals surface area (Å²) in [5.74, 6) is 1.85. The Morgan fingerprint density at radius 2 is 2.19 bits per heavy atom. The summed E-state index contributed by atoms with van der Waals surface area (Å²) in [7, 11) is 0. The number of ketones is 1. The summed E-state index contributed by atoms with van der Waals surface area (Å²) >= 11 is 6.08. The number of rotatable bonds is 7. The van der Waals surface area contributed by atoms with Gasteiger partial charge >= 0.3 is 0 Å². The molecule has 0 aliphatic carbocycles. The van der Waals surface area contributed by atoms with Crippen LogP contribution >= 0.6 is 11.6 Å². The van der Waals surface area contributed by atoms with Gasteiger partial charge in [-0.1, -0.05) is 17.7 Å². The summed E-state index contributed by atoms with van der Waals surface area (Å²) in [5.41, 5.74) is 1.44. The van der Waals surface area contributed by atoms with E-state index in [1.165, 1.54) is 6.08 Å². The molecule has 0 N–H and O–H groups in total. The Kier molecular flexibility index (Phi) is 5.58. The van der Waals surface area contributed by atoms with Crippen LogP contribution in [0.2, 0.25) is 5.02 Å². The van der Waals surface area contributed by atoms with E-state index in [0.29, 0.717) is 27.9 Å². The average molecular weight is 371 g/mol. The van der Waals surface area contributed by atoms with Crippen molar-refractivity contribution in [1.82, 2.24) is 9.78 Å². The highest BCUT2D eigenvalue weighted by Crippen LogP contribution is 2.26. The molecule has 2 aromatic heterocycles. The van der Waals surface area contributed by atoms with Crippen molar-refractivity contribution in [2.75, 3.05) is 0 Å². The van der Waals surface area contributed by atoms with E-state index in [1.54, 1.807) is 29.2 Å². The summed E-state index contributed by atoms with van der Waals surface area (Å²) in [4.78, 5) is 12.1. The van der Waals surface area contributed by atoms with Crippen LogP contribution in [0.15, 0.2) is 53.2 Å². The van der Waals surface area contributed by atoms with Crippen molar-refractivity contribution in [3.05, 3.63) is 76.5 Å². The summed E-state index contributed by atoms with van der Waals surface area (Å²) in [5, 5.41) is 4.76. The molecule has 3 aromatic rings. The van der Waals surface area contributed by atoms with E-state index in [2.05, 4.69) is 5.10 Å². The zero-order chi connectivity index (χ0) is 18.5. The van der Waals surface area contributed by atoms with Gasteiger partial charge in [0.2, 0.25) is 0 Å². The Morgan fingerprint density at radius 3 is 2.96 bits per heavy atom. The van der Waals surface area contributed by atoms with E-state index in [1.807, 2.05) is 38.1 Å². The minimum atomic E-state index is -0.117.